The average Bonchev–Trinajstić information content (AvgIpc) is 3.70. The molecule has 2 heteroatoms. The van der Waals surface area contributed by atoms with Crippen LogP contribution < -0.4 is 0 Å². The van der Waals surface area contributed by atoms with E-state index in [1.165, 1.54) is 0 Å². The first-order valence-electron chi connectivity index (χ1n) is 18.9. The summed E-state index contributed by atoms with van der Waals surface area (Å²) in [6, 6.07) is 33.7. The van der Waals surface area contributed by atoms with Gasteiger partial charge in [0.15, 0.2) is 0 Å². The summed E-state index contributed by atoms with van der Waals surface area (Å²) < 4.78 is 82.0. The molecule has 0 N–H and O–H groups in total. The zero-order chi connectivity index (χ0) is 36.9. The topological polar surface area (TPSA) is 9.86 Å². The van der Waals surface area contributed by atoms with E-state index in [0.717, 1.165) is 49.4 Å². The molecule has 0 saturated carbocycles. The van der Waals surface area contributed by atoms with E-state index >= 15 is 0 Å². The predicted molar refractivity (Wildman–Crippen MR) is 186 cm³/mol. The number of benzene rings is 7. The Morgan fingerprint density at radius 1 is 0.341 bits per heavy atom. The molecule has 7 aromatic carbocycles. The van der Waals surface area contributed by atoms with Gasteiger partial charge in [0.1, 0.15) is 0 Å². The van der Waals surface area contributed by atoms with Crippen LogP contribution in [0.15, 0.2) is 170 Å². The van der Waals surface area contributed by atoms with Gasteiger partial charge < -0.3 is 9.13 Å². The number of rotatable bonds is 4. The second kappa shape index (κ2) is 9.86. The van der Waals surface area contributed by atoms with Gasteiger partial charge in [-0.15, -0.1) is 0 Å². The monoisotopic (exact) mass is 569 g/mol. The van der Waals surface area contributed by atoms with Crippen LogP contribution in [0.1, 0.15) is 12.3 Å². The van der Waals surface area contributed by atoms with E-state index in [0.29, 0.717) is 11.0 Å². The Bertz CT molecular complexity index is 2920. The first-order valence-corrected chi connectivity index (χ1v) is 14.4. The van der Waals surface area contributed by atoms with Crippen LogP contribution in [0.3, 0.4) is 0 Å². The first kappa shape index (κ1) is 17.3. The van der Waals surface area contributed by atoms with Crippen LogP contribution in [-0.4, -0.2) is 9.13 Å². The standard InChI is InChI=1S/C42H28N2/c1-3-11-29(12-4-1)31-19-23-33(24-20-31)43-37-17-9-7-15-35(37)41-39(43)27-28-40-42(41)36-16-8-10-18-38(36)44(40)34-25-21-32(22-26-34)30-13-5-2-6-14-30/h1-28H/i1D,3D,4D,11D,12D,19D,20D,23D,24D. The predicted octanol–water partition coefficient (Wildman–Crippen LogP) is 11.2. The van der Waals surface area contributed by atoms with Gasteiger partial charge >= 0.3 is 0 Å². The van der Waals surface area contributed by atoms with Crippen molar-refractivity contribution < 1.29 is 12.3 Å². The van der Waals surface area contributed by atoms with Crippen LogP contribution in [0.4, 0.5) is 0 Å². The van der Waals surface area contributed by atoms with Crippen molar-refractivity contribution in [3.8, 4) is 33.6 Å². The van der Waals surface area contributed by atoms with Gasteiger partial charge in [0.2, 0.25) is 0 Å². The van der Waals surface area contributed by atoms with Crippen LogP contribution >= 0.6 is 0 Å². The number of hydrogen-bond acceptors (Lipinski definition) is 0. The van der Waals surface area contributed by atoms with E-state index in [1.807, 2.05) is 66.7 Å². The van der Waals surface area contributed by atoms with Gasteiger partial charge in [-0.3, -0.25) is 0 Å². The maximum Gasteiger partial charge on any atom is 0.0645 e. The van der Waals surface area contributed by atoms with Crippen LogP contribution in [0.25, 0.3) is 77.2 Å². The van der Waals surface area contributed by atoms with Crippen molar-refractivity contribution in [2.24, 2.45) is 0 Å². The molecule has 2 heterocycles. The summed E-state index contributed by atoms with van der Waals surface area (Å²) in [6.45, 7) is 0. The van der Waals surface area contributed by atoms with E-state index in [2.05, 4.69) is 53.1 Å². The van der Waals surface area contributed by atoms with Crippen molar-refractivity contribution in [3.63, 3.8) is 0 Å². The molecule has 0 atom stereocenters. The fourth-order valence-electron chi connectivity index (χ4n) is 6.39. The Morgan fingerprint density at radius 3 is 1.45 bits per heavy atom. The van der Waals surface area contributed by atoms with Gasteiger partial charge in [-0.1, -0.05) is 121 Å². The minimum Gasteiger partial charge on any atom is -0.309 e. The van der Waals surface area contributed by atoms with E-state index in [9.17, 15) is 2.74 Å². The molecule has 0 fully saturated rings. The lowest BCUT2D eigenvalue weighted by Gasteiger charge is -2.11. The number of hydrogen-bond donors (Lipinski definition) is 0. The van der Waals surface area contributed by atoms with Gasteiger partial charge in [-0.05, 0) is 70.7 Å². The van der Waals surface area contributed by atoms with Gasteiger partial charge in [-0.2, -0.15) is 0 Å². The molecule has 2 aromatic heterocycles. The van der Waals surface area contributed by atoms with Crippen molar-refractivity contribution in [1.29, 1.82) is 0 Å². The van der Waals surface area contributed by atoms with Crippen molar-refractivity contribution in [3.05, 3.63) is 170 Å². The summed E-state index contributed by atoms with van der Waals surface area (Å²) in [5.74, 6) is 0. The minimum absolute atomic E-state index is 0.00176. The number of para-hydroxylation sites is 2. The third-order valence-corrected chi connectivity index (χ3v) is 8.29. The zero-order valence-corrected chi connectivity index (χ0v) is 23.4. The fourth-order valence-corrected chi connectivity index (χ4v) is 6.39. The summed E-state index contributed by atoms with van der Waals surface area (Å²) >= 11 is 0. The molecule has 0 aliphatic carbocycles. The molecule has 44 heavy (non-hydrogen) atoms. The number of aromatic nitrogens is 2. The quantitative estimate of drug-likeness (QED) is 0.199. The van der Waals surface area contributed by atoms with Gasteiger partial charge in [0.05, 0.1) is 34.4 Å². The maximum absolute atomic E-state index is 9.26. The molecule has 0 unspecified atom stereocenters. The van der Waals surface area contributed by atoms with E-state index in [1.54, 1.807) is 4.57 Å². The lowest BCUT2D eigenvalue weighted by atomic mass is 10.1. The highest BCUT2D eigenvalue weighted by molar-refractivity contribution is 6.28. The Morgan fingerprint density at radius 2 is 0.841 bits per heavy atom. The van der Waals surface area contributed by atoms with Gasteiger partial charge in [0.25, 0.3) is 0 Å². The van der Waals surface area contributed by atoms with Crippen molar-refractivity contribution in [2.75, 3.05) is 0 Å². The second-order valence-electron chi connectivity index (χ2n) is 10.7. The van der Waals surface area contributed by atoms with Crippen molar-refractivity contribution in [1.82, 2.24) is 9.13 Å². The molecule has 0 aliphatic heterocycles. The van der Waals surface area contributed by atoms with E-state index < -0.39 is 54.4 Å². The van der Waals surface area contributed by atoms with Crippen molar-refractivity contribution >= 4 is 43.6 Å². The first-order chi connectivity index (χ1) is 25.6. The molecule has 0 bridgehead atoms. The molecule has 206 valence electrons. The molecule has 9 rings (SSSR count). The Kier molecular flexibility index (Phi) is 3.88. The molecule has 0 saturated heterocycles. The summed E-state index contributed by atoms with van der Waals surface area (Å²) in [4.78, 5) is 0. The summed E-state index contributed by atoms with van der Waals surface area (Å²) in [6.07, 6.45) is 0. The average molecular weight is 570 g/mol. The van der Waals surface area contributed by atoms with Gasteiger partial charge in [-0.25, -0.2) is 0 Å². The molecule has 0 spiro atoms. The van der Waals surface area contributed by atoms with Crippen LogP contribution in [0, 0.1) is 0 Å². The highest BCUT2D eigenvalue weighted by atomic mass is 15.0. The third kappa shape index (κ3) is 3.75. The normalized spacial score (nSPS) is 14.5. The maximum atomic E-state index is 9.26. The van der Waals surface area contributed by atoms with E-state index in [4.69, 9.17) is 9.60 Å². The lowest BCUT2D eigenvalue weighted by Crippen LogP contribution is -1.95. The number of nitrogens with zero attached hydrogens (tertiary/aromatic N) is 2. The molecule has 0 aliphatic rings. The Hall–Kier alpha value is -5.86. The lowest BCUT2D eigenvalue weighted by molar-refractivity contribution is 1.17. The fraction of sp³-hybridized carbons (Fsp3) is 0. The smallest absolute Gasteiger partial charge is 0.0645 e. The summed E-state index contributed by atoms with van der Waals surface area (Å²) in [5.41, 5.74) is 5.84. The number of fused-ring (bicyclic) bond motifs is 7. The third-order valence-electron chi connectivity index (χ3n) is 8.29. The van der Waals surface area contributed by atoms with Crippen LogP contribution in [-0.2, 0) is 0 Å². The molecular weight excluding hydrogens is 532 g/mol. The summed E-state index contributed by atoms with van der Waals surface area (Å²) in [7, 11) is 0. The molecule has 2 nitrogen and oxygen atoms in total. The molecule has 0 radical (unpaired) electrons. The van der Waals surface area contributed by atoms with Crippen LogP contribution in [0.2, 0.25) is 0 Å². The summed E-state index contributed by atoms with van der Waals surface area (Å²) in [5, 5.41) is 3.74. The largest absolute Gasteiger partial charge is 0.309 e. The molecule has 9 aromatic rings. The Labute approximate surface area is 268 Å². The highest BCUT2D eigenvalue weighted by Gasteiger charge is 2.20. The highest BCUT2D eigenvalue weighted by Crippen LogP contribution is 2.42. The second-order valence-corrected chi connectivity index (χ2v) is 10.7. The van der Waals surface area contributed by atoms with Crippen LogP contribution in [0.5, 0.6) is 0 Å². The Balaban J connectivity index is 1.33. The van der Waals surface area contributed by atoms with E-state index in [-0.39, 0.29) is 16.8 Å². The van der Waals surface area contributed by atoms with Gasteiger partial charge in [0, 0.05) is 32.9 Å². The minimum atomic E-state index is -0.611. The van der Waals surface area contributed by atoms with Crippen molar-refractivity contribution in [2.45, 2.75) is 0 Å². The molecular formula is C42H28N2. The SMILES string of the molecule is [2H]c1c([2H])c([2H])c(-c2c([2H])c([2H])c(-n3c4ccccc4c4c5c6ccccc6n(-c6ccc(-c7ccccc7)cc6)c5ccc43)c([2H])c2[2H])c([2H])c1[2H]. The molecule has 0 amide bonds. The zero-order valence-electron chi connectivity index (χ0n) is 32.4.